The first-order valence-corrected chi connectivity index (χ1v) is 5.69. The first kappa shape index (κ1) is 10.9. The molecular formula is C11H19N3O. The Balaban J connectivity index is 1.88. The zero-order chi connectivity index (χ0) is 11.0. The van der Waals surface area contributed by atoms with Gasteiger partial charge >= 0.3 is 0 Å². The van der Waals surface area contributed by atoms with Gasteiger partial charge in [0, 0.05) is 38.1 Å². The Hall–Kier alpha value is -0.630. The number of likely N-dealkylation sites (tertiary alicyclic amines) is 2. The van der Waals surface area contributed by atoms with E-state index < -0.39 is 0 Å². The molecule has 0 unspecified atom stereocenters. The Morgan fingerprint density at radius 3 is 2.53 bits per heavy atom. The number of aliphatic hydroxyl groups is 1. The summed E-state index contributed by atoms with van der Waals surface area (Å²) in [4.78, 5) is 4.56. The number of aliphatic hydroxyl groups excluding tert-OH is 1. The smallest absolute Gasteiger partial charge is 0.101 e. The molecule has 2 aliphatic heterocycles. The number of nitriles is 1. The maximum atomic E-state index is 9.54. The third-order valence-electron chi connectivity index (χ3n) is 3.56. The molecule has 0 aliphatic carbocycles. The maximum Gasteiger partial charge on any atom is 0.101 e. The summed E-state index contributed by atoms with van der Waals surface area (Å²) < 4.78 is 0. The third-order valence-corrected chi connectivity index (χ3v) is 3.56. The van der Waals surface area contributed by atoms with Crippen LogP contribution in [0.2, 0.25) is 0 Å². The number of β-amino-alcohol motifs (C(OH)–C–C–N with tert-alkyl or cyclic N) is 1. The van der Waals surface area contributed by atoms with Gasteiger partial charge < -0.3 is 5.11 Å². The molecule has 0 bridgehead atoms. The van der Waals surface area contributed by atoms with E-state index >= 15 is 0 Å². The van der Waals surface area contributed by atoms with Crippen LogP contribution in [-0.2, 0) is 0 Å². The highest BCUT2D eigenvalue weighted by Gasteiger charge is 2.41. The van der Waals surface area contributed by atoms with Crippen molar-refractivity contribution in [2.45, 2.75) is 44.5 Å². The molecule has 1 N–H and O–H groups in total. The van der Waals surface area contributed by atoms with Crippen molar-refractivity contribution >= 4 is 0 Å². The van der Waals surface area contributed by atoms with E-state index in [0.717, 1.165) is 13.1 Å². The van der Waals surface area contributed by atoms with E-state index in [9.17, 15) is 5.11 Å². The highest BCUT2D eigenvalue weighted by atomic mass is 16.3. The van der Waals surface area contributed by atoms with E-state index in [2.05, 4.69) is 29.7 Å². The zero-order valence-electron chi connectivity index (χ0n) is 9.43. The maximum absolute atomic E-state index is 9.54. The van der Waals surface area contributed by atoms with Crippen LogP contribution in [0, 0.1) is 11.3 Å². The molecule has 0 aromatic heterocycles. The monoisotopic (exact) mass is 209 g/mol. The van der Waals surface area contributed by atoms with Crippen molar-refractivity contribution in [3.8, 4) is 6.07 Å². The molecular weight excluding hydrogens is 190 g/mol. The molecule has 0 radical (unpaired) electrons. The average molecular weight is 209 g/mol. The summed E-state index contributed by atoms with van der Waals surface area (Å²) in [6.45, 7) is 7.15. The lowest BCUT2D eigenvalue weighted by Crippen LogP contribution is -2.62. The number of nitrogens with zero attached hydrogens (tertiary/aromatic N) is 3. The van der Waals surface area contributed by atoms with Crippen molar-refractivity contribution in [2.75, 3.05) is 19.6 Å². The minimum atomic E-state index is -0.303. The van der Waals surface area contributed by atoms with Crippen LogP contribution in [0.15, 0.2) is 0 Å². The van der Waals surface area contributed by atoms with Gasteiger partial charge in [0.15, 0.2) is 0 Å². The molecule has 0 saturated carbocycles. The minimum absolute atomic E-state index is 0.0701. The molecule has 0 spiro atoms. The van der Waals surface area contributed by atoms with Gasteiger partial charge in [-0.1, -0.05) is 0 Å². The van der Waals surface area contributed by atoms with E-state index in [0.29, 0.717) is 25.0 Å². The molecule has 0 amide bonds. The quantitative estimate of drug-likeness (QED) is 0.697. The summed E-state index contributed by atoms with van der Waals surface area (Å²) in [7, 11) is 0. The summed E-state index contributed by atoms with van der Waals surface area (Å²) in [5.74, 6) is 0. The van der Waals surface area contributed by atoms with Gasteiger partial charge in [-0.25, -0.2) is 0 Å². The standard InChI is InChI=1S/C11H19N3O/c1-8(2)13-5-10(6-13)14-7-11(15)3-9(14)4-12/h8-11,15H,3,5-7H2,1-2H3/t9-,11+/m0/s1. The Bertz CT molecular complexity index is 267. The largest absolute Gasteiger partial charge is 0.392 e. The fraction of sp³-hybridized carbons (Fsp3) is 0.909. The zero-order valence-corrected chi connectivity index (χ0v) is 9.43. The van der Waals surface area contributed by atoms with Crippen molar-refractivity contribution < 1.29 is 5.11 Å². The van der Waals surface area contributed by atoms with Crippen LogP contribution >= 0.6 is 0 Å². The summed E-state index contributed by atoms with van der Waals surface area (Å²) in [5, 5.41) is 18.5. The molecule has 2 saturated heterocycles. The molecule has 0 aromatic carbocycles. The van der Waals surface area contributed by atoms with Crippen LogP contribution in [0.5, 0.6) is 0 Å². The number of rotatable bonds is 2. The van der Waals surface area contributed by atoms with Crippen molar-refractivity contribution in [1.82, 2.24) is 9.80 Å². The van der Waals surface area contributed by atoms with Crippen LogP contribution in [0.4, 0.5) is 0 Å². The van der Waals surface area contributed by atoms with Gasteiger partial charge in [-0.2, -0.15) is 5.26 Å². The lowest BCUT2D eigenvalue weighted by atomic mass is 10.0. The SMILES string of the molecule is CC(C)N1CC(N2C[C@H](O)C[C@H]2C#N)C1. The van der Waals surface area contributed by atoms with Crippen molar-refractivity contribution in [3.63, 3.8) is 0 Å². The second kappa shape index (κ2) is 4.09. The van der Waals surface area contributed by atoms with Gasteiger partial charge in [0.1, 0.15) is 6.04 Å². The van der Waals surface area contributed by atoms with Gasteiger partial charge in [0.25, 0.3) is 0 Å². The highest BCUT2D eigenvalue weighted by Crippen LogP contribution is 2.26. The Kier molecular flexibility index (Phi) is 2.96. The van der Waals surface area contributed by atoms with Gasteiger partial charge in [0.2, 0.25) is 0 Å². The molecule has 4 nitrogen and oxygen atoms in total. The van der Waals surface area contributed by atoms with Gasteiger partial charge in [-0.3, -0.25) is 9.80 Å². The fourth-order valence-corrected chi connectivity index (χ4v) is 2.49. The van der Waals surface area contributed by atoms with E-state index in [1.54, 1.807) is 0 Å². The molecule has 0 aromatic rings. The second-order valence-electron chi connectivity index (χ2n) is 4.93. The van der Waals surface area contributed by atoms with E-state index in [1.807, 2.05) is 0 Å². The van der Waals surface area contributed by atoms with Gasteiger partial charge in [0.05, 0.1) is 12.2 Å². The van der Waals surface area contributed by atoms with Crippen molar-refractivity contribution in [2.24, 2.45) is 0 Å². The molecule has 2 rings (SSSR count). The number of hydrogen-bond donors (Lipinski definition) is 1. The highest BCUT2D eigenvalue weighted by molar-refractivity contribution is 5.04. The Morgan fingerprint density at radius 1 is 1.33 bits per heavy atom. The van der Waals surface area contributed by atoms with Crippen LogP contribution in [0.1, 0.15) is 20.3 Å². The molecule has 15 heavy (non-hydrogen) atoms. The van der Waals surface area contributed by atoms with Gasteiger partial charge in [-0.05, 0) is 13.8 Å². The van der Waals surface area contributed by atoms with Crippen LogP contribution in [-0.4, -0.2) is 58.8 Å². The molecule has 2 fully saturated rings. The summed E-state index contributed by atoms with van der Waals surface area (Å²) >= 11 is 0. The molecule has 2 aliphatic rings. The lowest BCUT2D eigenvalue weighted by molar-refractivity contribution is 0.0114. The second-order valence-corrected chi connectivity index (χ2v) is 4.93. The first-order chi connectivity index (χ1) is 7.11. The van der Waals surface area contributed by atoms with Crippen LogP contribution < -0.4 is 0 Å². The molecule has 84 valence electrons. The Labute approximate surface area is 91.1 Å². The van der Waals surface area contributed by atoms with Crippen LogP contribution in [0.3, 0.4) is 0 Å². The molecule has 2 heterocycles. The van der Waals surface area contributed by atoms with Crippen molar-refractivity contribution in [1.29, 1.82) is 5.26 Å². The summed E-state index contributed by atoms with van der Waals surface area (Å²) in [5.41, 5.74) is 0. The van der Waals surface area contributed by atoms with Crippen LogP contribution in [0.25, 0.3) is 0 Å². The van der Waals surface area contributed by atoms with E-state index in [1.165, 1.54) is 0 Å². The minimum Gasteiger partial charge on any atom is -0.392 e. The topological polar surface area (TPSA) is 50.5 Å². The van der Waals surface area contributed by atoms with Gasteiger partial charge in [-0.15, -0.1) is 0 Å². The molecule has 2 atom stereocenters. The fourth-order valence-electron chi connectivity index (χ4n) is 2.49. The summed E-state index contributed by atoms with van der Waals surface area (Å²) in [6.07, 6.45) is 0.317. The predicted molar refractivity (Wildman–Crippen MR) is 57.2 cm³/mol. The first-order valence-electron chi connectivity index (χ1n) is 5.69. The number of hydrogen-bond acceptors (Lipinski definition) is 4. The normalized spacial score (nSPS) is 34.3. The van der Waals surface area contributed by atoms with E-state index in [4.69, 9.17) is 5.26 Å². The third kappa shape index (κ3) is 2.00. The molecule has 4 heteroatoms. The van der Waals surface area contributed by atoms with Crippen molar-refractivity contribution in [3.05, 3.63) is 0 Å². The average Bonchev–Trinajstić information content (AvgIpc) is 2.43. The lowest BCUT2D eigenvalue weighted by Gasteiger charge is -2.47. The summed E-state index contributed by atoms with van der Waals surface area (Å²) in [6, 6.07) is 3.29. The Morgan fingerprint density at radius 2 is 2.00 bits per heavy atom. The predicted octanol–water partition coefficient (Wildman–Crippen LogP) is 0.0378. The van der Waals surface area contributed by atoms with E-state index in [-0.39, 0.29) is 12.1 Å².